The van der Waals surface area contributed by atoms with Crippen LogP contribution in [-0.2, 0) is 6.54 Å². The molecule has 2 heterocycles. The van der Waals surface area contributed by atoms with Crippen LogP contribution >= 0.6 is 0 Å². The molecular formula is C25H32N2O5. The van der Waals surface area contributed by atoms with Gasteiger partial charge < -0.3 is 24.1 Å². The van der Waals surface area contributed by atoms with Gasteiger partial charge >= 0.3 is 0 Å². The summed E-state index contributed by atoms with van der Waals surface area (Å²) in [5.41, 5.74) is 2.28. The number of allylic oxidation sites excluding steroid dienone is 1. The van der Waals surface area contributed by atoms with E-state index in [-0.39, 0.29) is 6.61 Å². The molecule has 7 nitrogen and oxygen atoms in total. The van der Waals surface area contributed by atoms with Crippen molar-refractivity contribution in [1.82, 2.24) is 9.80 Å². The molecule has 1 fully saturated rings. The summed E-state index contributed by atoms with van der Waals surface area (Å²) in [5, 5.41) is 10.5. The SMILES string of the molecule is C/C=C/c1ccc(OC[C@H](O)CN2CCN(Cc3ccc4c(c3)OCO4)CC2)c(OC)c1. The van der Waals surface area contributed by atoms with Crippen LogP contribution in [0, 0.1) is 0 Å². The van der Waals surface area contributed by atoms with Gasteiger partial charge in [0.1, 0.15) is 12.7 Å². The van der Waals surface area contributed by atoms with Gasteiger partial charge in [-0.05, 0) is 42.3 Å². The van der Waals surface area contributed by atoms with E-state index in [0.717, 1.165) is 49.8 Å². The molecule has 0 saturated carbocycles. The van der Waals surface area contributed by atoms with Gasteiger partial charge in [-0.15, -0.1) is 0 Å². The van der Waals surface area contributed by atoms with Crippen LogP contribution in [-0.4, -0.2) is 74.2 Å². The molecule has 0 aliphatic carbocycles. The van der Waals surface area contributed by atoms with Gasteiger partial charge in [0.2, 0.25) is 6.79 Å². The number of rotatable bonds is 9. The van der Waals surface area contributed by atoms with Crippen molar-refractivity contribution < 1.29 is 24.1 Å². The number of ether oxygens (including phenoxy) is 4. The van der Waals surface area contributed by atoms with Crippen molar-refractivity contribution in [2.45, 2.75) is 19.6 Å². The zero-order valence-corrected chi connectivity index (χ0v) is 18.8. The van der Waals surface area contributed by atoms with Gasteiger partial charge in [0.15, 0.2) is 23.0 Å². The van der Waals surface area contributed by atoms with E-state index in [2.05, 4.69) is 21.9 Å². The van der Waals surface area contributed by atoms with Crippen molar-refractivity contribution >= 4 is 6.08 Å². The molecule has 2 aromatic rings. The molecule has 1 atom stereocenters. The third kappa shape index (κ3) is 5.73. The number of benzene rings is 2. The average Bonchev–Trinajstić information content (AvgIpc) is 3.27. The lowest BCUT2D eigenvalue weighted by Crippen LogP contribution is -2.48. The first kappa shape index (κ1) is 22.5. The highest BCUT2D eigenvalue weighted by molar-refractivity contribution is 5.55. The van der Waals surface area contributed by atoms with Crippen LogP contribution in [0.25, 0.3) is 6.08 Å². The monoisotopic (exact) mass is 440 g/mol. The Balaban J connectivity index is 1.20. The number of piperazine rings is 1. The zero-order chi connectivity index (χ0) is 22.3. The summed E-state index contributed by atoms with van der Waals surface area (Å²) in [4.78, 5) is 4.71. The van der Waals surface area contributed by atoms with E-state index in [9.17, 15) is 5.11 Å². The first-order chi connectivity index (χ1) is 15.6. The number of aliphatic hydroxyl groups excluding tert-OH is 1. The van der Waals surface area contributed by atoms with E-state index < -0.39 is 6.10 Å². The average molecular weight is 441 g/mol. The Kier molecular flexibility index (Phi) is 7.52. The van der Waals surface area contributed by atoms with Crippen LogP contribution in [0.1, 0.15) is 18.1 Å². The molecule has 1 saturated heterocycles. The third-order valence-electron chi connectivity index (χ3n) is 5.76. The van der Waals surface area contributed by atoms with Crippen LogP contribution in [0.15, 0.2) is 42.5 Å². The molecule has 172 valence electrons. The highest BCUT2D eigenvalue weighted by Gasteiger charge is 2.21. The molecule has 1 N–H and O–H groups in total. The number of fused-ring (bicyclic) bond motifs is 1. The molecule has 4 rings (SSSR count). The van der Waals surface area contributed by atoms with Gasteiger partial charge in [-0.1, -0.05) is 24.3 Å². The lowest BCUT2D eigenvalue weighted by atomic mass is 10.1. The second-order valence-electron chi connectivity index (χ2n) is 8.14. The van der Waals surface area contributed by atoms with E-state index in [1.807, 2.05) is 43.3 Å². The lowest BCUT2D eigenvalue weighted by molar-refractivity contribution is 0.0440. The van der Waals surface area contributed by atoms with Crippen LogP contribution in [0.5, 0.6) is 23.0 Å². The highest BCUT2D eigenvalue weighted by atomic mass is 16.7. The molecule has 0 spiro atoms. The molecular weight excluding hydrogens is 408 g/mol. The second kappa shape index (κ2) is 10.7. The fraction of sp³-hybridized carbons (Fsp3) is 0.440. The van der Waals surface area contributed by atoms with Crippen molar-refractivity contribution in [2.24, 2.45) is 0 Å². The van der Waals surface area contributed by atoms with Crippen molar-refractivity contribution in [3.63, 3.8) is 0 Å². The number of hydrogen-bond donors (Lipinski definition) is 1. The summed E-state index contributed by atoms with van der Waals surface area (Å²) in [6.45, 7) is 7.76. The van der Waals surface area contributed by atoms with Crippen LogP contribution in [0.4, 0.5) is 0 Å². The minimum atomic E-state index is -0.560. The first-order valence-corrected chi connectivity index (χ1v) is 11.1. The number of β-amino-alcohol motifs (C(OH)–C–C–N with tert-alkyl or cyclic N) is 1. The molecule has 0 aromatic heterocycles. The number of methoxy groups -OCH3 is 1. The fourth-order valence-corrected chi connectivity index (χ4v) is 4.06. The molecule has 0 amide bonds. The molecule has 0 unspecified atom stereocenters. The summed E-state index contributed by atoms with van der Waals surface area (Å²) >= 11 is 0. The molecule has 0 radical (unpaired) electrons. The third-order valence-corrected chi connectivity index (χ3v) is 5.76. The number of hydrogen-bond acceptors (Lipinski definition) is 7. The predicted molar refractivity (Wildman–Crippen MR) is 123 cm³/mol. The van der Waals surface area contributed by atoms with Crippen LogP contribution < -0.4 is 18.9 Å². The maximum Gasteiger partial charge on any atom is 0.231 e. The van der Waals surface area contributed by atoms with E-state index in [0.29, 0.717) is 24.8 Å². The Bertz CT molecular complexity index is 925. The summed E-state index contributed by atoms with van der Waals surface area (Å²) in [6.07, 6.45) is 3.43. The lowest BCUT2D eigenvalue weighted by Gasteiger charge is -2.35. The van der Waals surface area contributed by atoms with E-state index in [4.69, 9.17) is 18.9 Å². The van der Waals surface area contributed by atoms with Gasteiger partial charge in [0, 0.05) is 39.3 Å². The molecule has 32 heavy (non-hydrogen) atoms. The van der Waals surface area contributed by atoms with Gasteiger partial charge in [0.25, 0.3) is 0 Å². The zero-order valence-electron chi connectivity index (χ0n) is 18.8. The van der Waals surface area contributed by atoms with Gasteiger partial charge in [-0.2, -0.15) is 0 Å². The molecule has 2 aromatic carbocycles. The Morgan fingerprint density at radius 2 is 1.78 bits per heavy atom. The Hall–Kier alpha value is -2.74. The Morgan fingerprint density at radius 3 is 2.56 bits per heavy atom. The van der Waals surface area contributed by atoms with E-state index in [1.165, 1.54) is 5.56 Å². The Labute approximate surface area is 189 Å². The quantitative estimate of drug-likeness (QED) is 0.643. The molecule has 7 heteroatoms. The molecule has 0 bridgehead atoms. The first-order valence-electron chi connectivity index (χ1n) is 11.1. The normalized spacial score (nSPS) is 17.6. The van der Waals surface area contributed by atoms with Crippen molar-refractivity contribution in [3.8, 4) is 23.0 Å². The summed E-state index contributed by atoms with van der Waals surface area (Å²) in [5.74, 6) is 2.97. The summed E-state index contributed by atoms with van der Waals surface area (Å²) in [7, 11) is 1.63. The fourth-order valence-electron chi connectivity index (χ4n) is 4.06. The number of aliphatic hydroxyl groups is 1. The smallest absolute Gasteiger partial charge is 0.231 e. The van der Waals surface area contributed by atoms with Gasteiger partial charge in [-0.3, -0.25) is 9.80 Å². The standard InChI is InChI=1S/C25H32N2O5/c1-3-4-19-5-7-22(24(13-19)29-2)30-17-21(28)16-27-11-9-26(10-12-27)15-20-6-8-23-25(14-20)32-18-31-23/h3-8,13-14,21,28H,9-12,15-18H2,1-2H3/b4-3+/t21-/m1/s1. The van der Waals surface area contributed by atoms with Crippen molar-refractivity contribution in [1.29, 1.82) is 0 Å². The number of nitrogens with zero attached hydrogens (tertiary/aromatic N) is 2. The molecule has 2 aliphatic heterocycles. The maximum absolute atomic E-state index is 10.5. The van der Waals surface area contributed by atoms with Crippen LogP contribution in [0.3, 0.4) is 0 Å². The van der Waals surface area contributed by atoms with Crippen LogP contribution in [0.2, 0.25) is 0 Å². The minimum Gasteiger partial charge on any atom is -0.493 e. The highest BCUT2D eigenvalue weighted by Crippen LogP contribution is 2.33. The maximum atomic E-state index is 10.5. The predicted octanol–water partition coefficient (Wildman–Crippen LogP) is 3.01. The molecule has 2 aliphatic rings. The summed E-state index contributed by atoms with van der Waals surface area (Å²) < 4.78 is 22.1. The van der Waals surface area contributed by atoms with Gasteiger partial charge in [0.05, 0.1) is 7.11 Å². The van der Waals surface area contributed by atoms with Crippen molar-refractivity contribution in [3.05, 3.63) is 53.6 Å². The van der Waals surface area contributed by atoms with Crippen molar-refractivity contribution in [2.75, 3.05) is 53.2 Å². The second-order valence-corrected chi connectivity index (χ2v) is 8.14. The largest absolute Gasteiger partial charge is 0.493 e. The summed E-state index contributed by atoms with van der Waals surface area (Å²) in [6, 6.07) is 11.9. The topological polar surface area (TPSA) is 63.6 Å². The minimum absolute atomic E-state index is 0.233. The Morgan fingerprint density at radius 1 is 1.00 bits per heavy atom. The van der Waals surface area contributed by atoms with Gasteiger partial charge in [-0.25, -0.2) is 0 Å². The van der Waals surface area contributed by atoms with E-state index >= 15 is 0 Å². The van der Waals surface area contributed by atoms with E-state index in [1.54, 1.807) is 7.11 Å².